The van der Waals surface area contributed by atoms with Crippen LogP contribution in [-0.2, 0) is 0 Å². The van der Waals surface area contributed by atoms with E-state index in [1.165, 1.54) is 0 Å². The van der Waals surface area contributed by atoms with Gasteiger partial charge in [-0.1, -0.05) is 30.3 Å². The van der Waals surface area contributed by atoms with Crippen molar-refractivity contribution in [3.05, 3.63) is 60.2 Å². The number of nitrogens with zero attached hydrogens (tertiary/aromatic N) is 2. The number of hydrogen-bond donors (Lipinski definition) is 2. The van der Waals surface area contributed by atoms with E-state index in [9.17, 15) is 4.79 Å². The van der Waals surface area contributed by atoms with Crippen molar-refractivity contribution in [3.8, 4) is 0 Å². The third-order valence-electron chi connectivity index (χ3n) is 2.82. The highest BCUT2D eigenvalue weighted by Gasteiger charge is 1.98. The number of rotatable bonds is 4. The molecule has 0 radical (unpaired) electrons. The van der Waals surface area contributed by atoms with Crippen molar-refractivity contribution in [1.82, 2.24) is 5.43 Å². The molecule has 2 amide bonds. The molecular formula is C16H18N4O. The van der Waals surface area contributed by atoms with E-state index in [1.807, 2.05) is 73.6 Å². The largest absolute Gasteiger partial charge is 0.378 e. The predicted molar refractivity (Wildman–Crippen MR) is 87.0 cm³/mol. The smallest absolute Gasteiger partial charge is 0.339 e. The number of anilines is 2. The Hall–Kier alpha value is -2.82. The van der Waals surface area contributed by atoms with Crippen LogP contribution in [0.4, 0.5) is 16.2 Å². The van der Waals surface area contributed by atoms with Crippen LogP contribution in [0.5, 0.6) is 0 Å². The van der Waals surface area contributed by atoms with Gasteiger partial charge in [-0.25, -0.2) is 10.2 Å². The number of hydrogen-bond acceptors (Lipinski definition) is 3. The predicted octanol–water partition coefficient (Wildman–Crippen LogP) is 2.91. The van der Waals surface area contributed by atoms with Crippen LogP contribution in [0, 0.1) is 0 Å². The standard InChI is InChI=1S/C16H18N4O/c1-20(2)15-10-8-13(9-11-15)12-17-19-16(21)18-14-6-4-3-5-7-14/h3-12H,1-2H3,(H2,18,19,21). The fraction of sp³-hybridized carbons (Fsp3) is 0.125. The molecule has 0 saturated heterocycles. The summed E-state index contributed by atoms with van der Waals surface area (Å²) >= 11 is 0. The first kappa shape index (κ1) is 14.6. The molecule has 2 rings (SSSR count). The molecule has 0 heterocycles. The van der Waals surface area contributed by atoms with Gasteiger partial charge in [-0.15, -0.1) is 0 Å². The van der Waals surface area contributed by atoms with E-state index < -0.39 is 0 Å². The molecule has 0 bridgehead atoms. The van der Waals surface area contributed by atoms with Crippen LogP contribution in [0.1, 0.15) is 5.56 Å². The fourth-order valence-electron chi connectivity index (χ4n) is 1.70. The number of hydrazone groups is 1. The van der Waals surface area contributed by atoms with E-state index in [4.69, 9.17) is 0 Å². The molecule has 0 saturated carbocycles. The quantitative estimate of drug-likeness (QED) is 0.669. The number of benzene rings is 2. The Labute approximate surface area is 124 Å². The summed E-state index contributed by atoms with van der Waals surface area (Å²) < 4.78 is 0. The van der Waals surface area contributed by atoms with Gasteiger partial charge in [0.15, 0.2) is 0 Å². The van der Waals surface area contributed by atoms with Gasteiger partial charge < -0.3 is 10.2 Å². The van der Waals surface area contributed by atoms with Crippen LogP contribution in [0.2, 0.25) is 0 Å². The summed E-state index contributed by atoms with van der Waals surface area (Å²) in [6, 6.07) is 16.7. The maximum absolute atomic E-state index is 11.6. The average Bonchev–Trinajstić information content (AvgIpc) is 2.49. The summed E-state index contributed by atoms with van der Waals surface area (Å²) in [4.78, 5) is 13.6. The minimum absolute atomic E-state index is 0.373. The summed E-state index contributed by atoms with van der Waals surface area (Å²) in [6.07, 6.45) is 1.60. The van der Waals surface area contributed by atoms with Gasteiger partial charge in [-0.05, 0) is 29.8 Å². The zero-order valence-corrected chi connectivity index (χ0v) is 12.1. The Morgan fingerprint density at radius 3 is 2.33 bits per heavy atom. The highest BCUT2D eigenvalue weighted by molar-refractivity contribution is 5.90. The van der Waals surface area contributed by atoms with Gasteiger partial charge in [0.05, 0.1) is 6.21 Å². The molecule has 2 aromatic rings. The van der Waals surface area contributed by atoms with Crippen molar-refractivity contribution in [2.75, 3.05) is 24.3 Å². The maximum Gasteiger partial charge on any atom is 0.339 e. The van der Waals surface area contributed by atoms with Crippen LogP contribution in [-0.4, -0.2) is 26.3 Å². The molecule has 0 aliphatic carbocycles. The van der Waals surface area contributed by atoms with Gasteiger partial charge in [0.2, 0.25) is 0 Å². The van der Waals surface area contributed by atoms with Crippen molar-refractivity contribution in [3.63, 3.8) is 0 Å². The van der Waals surface area contributed by atoms with Gasteiger partial charge >= 0.3 is 6.03 Å². The normalized spacial score (nSPS) is 10.4. The van der Waals surface area contributed by atoms with E-state index in [0.29, 0.717) is 0 Å². The molecule has 5 nitrogen and oxygen atoms in total. The number of para-hydroxylation sites is 1. The van der Waals surface area contributed by atoms with Crippen LogP contribution >= 0.6 is 0 Å². The minimum Gasteiger partial charge on any atom is -0.378 e. The second-order valence-electron chi connectivity index (χ2n) is 4.68. The molecule has 0 aliphatic heterocycles. The Morgan fingerprint density at radius 1 is 1.05 bits per heavy atom. The van der Waals surface area contributed by atoms with Gasteiger partial charge in [-0.2, -0.15) is 5.10 Å². The average molecular weight is 282 g/mol. The molecule has 2 N–H and O–H groups in total. The number of amides is 2. The first-order valence-corrected chi connectivity index (χ1v) is 6.57. The lowest BCUT2D eigenvalue weighted by atomic mass is 10.2. The fourth-order valence-corrected chi connectivity index (χ4v) is 1.70. The number of urea groups is 1. The summed E-state index contributed by atoms with van der Waals surface area (Å²) in [6.45, 7) is 0. The van der Waals surface area contributed by atoms with E-state index >= 15 is 0 Å². The minimum atomic E-state index is -0.373. The van der Waals surface area contributed by atoms with E-state index in [0.717, 1.165) is 16.9 Å². The molecule has 21 heavy (non-hydrogen) atoms. The number of nitrogens with one attached hydrogen (secondary N) is 2. The van der Waals surface area contributed by atoms with Crippen LogP contribution < -0.4 is 15.6 Å². The molecule has 0 unspecified atom stereocenters. The maximum atomic E-state index is 11.6. The van der Waals surface area contributed by atoms with Crippen LogP contribution in [0.25, 0.3) is 0 Å². The number of carbonyl (C=O) groups excluding carboxylic acids is 1. The topological polar surface area (TPSA) is 56.7 Å². The van der Waals surface area contributed by atoms with Crippen molar-refractivity contribution in [2.45, 2.75) is 0 Å². The summed E-state index contributed by atoms with van der Waals surface area (Å²) in [5.74, 6) is 0. The molecule has 0 aliphatic rings. The van der Waals surface area contributed by atoms with Crippen LogP contribution in [0.3, 0.4) is 0 Å². The van der Waals surface area contributed by atoms with Gasteiger partial charge in [0.25, 0.3) is 0 Å². The van der Waals surface area contributed by atoms with E-state index in [2.05, 4.69) is 15.8 Å². The first-order valence-electron chi connectivity index (χ1n) is 6.57. The zero-order chi connectivity index (χ0) is 15.1. The number of carbonyl (C=O) groups is 1. The van der Waals surface area contributed by atoms with E-state index in [-0.39, 0.29) is 6.03 Å². The monoisotopic (exact) mass is 282 g/mol. The van der Waals surface area contributed by atoms with Crippen LogP contribution in [0.15, 0.2) is 59.7 Å². The molecule has 0 spiro atoms. The van der Waals surface area contributed by atoms with Gasteiger partial charge in [0.1, 0.15) is 0 Å². The lowest BCUT2D eigenvalue weighted by molar-refractivity contribution is 0.252. The molecule has 2 aromatic carbocycles. The first-order chi connectivity index (χ1) is 10.1. The molecule has 0 atom stereocenters. The lowest BCUT2D eigenvalue weighted by Gasteiger charge is -2.11. The SMILES string of the molecule is CN(C)c1ccc(C=NNC(=O)Nc2ccccc2)cc1. The molecule has 0 aromatic heterocycles. The third kappa shape index (κ3) is 4.65. The molecule has 5 heteroatoms. The van der Waals surface area contributed by atoms with Crippen molar-refractivity contribution >= 4 is 23.6 Å². The zero-order valence-electron chi connectivity index (χ0n) is 12.1. The highest BCUT2D eigenvalue weighted by atomic mass is 16.2. The Bertz CT molecular complexity index is 606. The second kappa shape index (κ2) is 7.09. The molecule has 0 fully saturated rings. The second-order valence-corrected chi connectivity index (χ2v) is 4.68. The summed E-state index contributed by atoms with van der Waals surface area (Å²) in [5.41, 5.74) is 5.18. The Morgan fingerprint density at radius 2 is 1.71 bits per heavy atom. The summed E-state index contributed by atoms with van der Waals surface area (Å²) in [5, 5.41) is 6.59. The Kier molecular flexibility index (Phi) is 4.93. The van der Waals surface area contributed by atoms with Gasteiger partial charge in [-0.3, -0.25) is 0 Å². The third-order valence-corrected chi connectivity index (χ3v) is 2.82. The molecular weight excluding hydrogens is 264 g/mol. The van der Waals surface area contributed by atoms with Gasteiger partial charge in [0, 0.05) is 25.5 Å². The van der Waals surface area contributed by atoms with Crippen molar-refractivity contribution in [2.24, 2.45) is 5.10 Å². The highest BCUT2D eigenvalue weighted by Crippen LogP contribution is 2.10. The molecule has 108 valence electrons. The lowest BCUT2D eigenvalue weighted by Crippen LogP contribution is -2.24. The van der Waals surface area contributed by atoms with Crippen molar-refractivity contribution in [1.29, 1.82) is 0 Å². The Balaban J connectivity index is 1.86. The van der Waals surface area contributed by atoms with Crippen molar-refractivity contribution < 1.29 is 4.79 Å². The summed E-state index contributed by atoms with van der Waals surface area (Å²) in [7, 11) is 3.97. The van der Waals surface area contributed by atoms with E-state index in [1.54, 1.807) is 6.21 Å².